The van der Waals surface area contributed by atoms with E-state index in [-0.39, 0.29) is 0 Å². The van der Waals surface area contributed by atoms with E-state index in [2.05, 4.69) is 26.9 Å². The SMILES string of the molecule is CC(C)OCCOCCCCCCCCCCCC[Si](C)(C)C1CCCCC1. The Morgan fingerprint density at radius 2 is 1.21 bits per heavy atom. The van der Waals surface area contributed by atoms with Crippen LogP contribution in [0, 0.1) is 0 Å². The van der Waals surface area contributed by atoms with E-state index in [9.17, 15) is 0 Å². The third-order valence-corrected chi connectivity index (χ3v) is 11.2. The summed E-state index contributed by atoms with van der Waals surface area (Å²) in [6.07, 6.45) is 22.1. The van der Waals surface area contributed by atoms with E-state index < -0.39 is 8.07 Å². The van der Waals surface area contributed by atoms with E-state index in [1.165, 1.54) is 83.5 Å². The second-order valence-corrected chi connectivity index (χ2v) is 15.4. The van der Waals surface area contributed by atoms with Gasteiger partial charge in [0.05, 0.1) is 27.4 Å². The van der Waals surface area contributed by atoms with Crippen LogP contribution in [-0.4, -0.2) is 34.0 Å². The molecule has 0 spiro atoms. The van der Waals surface area contributed by atoms with Gasteiger partial charge in [-0.2, -0.15) is 0 Å². The summed E-state index contributed by atoms with van der Waals surface area (Å²) in [4.78, 5) is 0. The molecule has 0 radical (unpaired) electrons. The van der Waals surface area contributed by atoms with E-state index >= 15 is 0 Å². The Morgan fingerprint density at radius 3 is 1.79 bits per heavy atom. The van der Waals surface area contributed by atoms with Crippen molar-refractivity contribution < 1.29 is 9.47 Å². The van der Waals surface area contributed by atoms with Crippen LogP contribution >= 0.6 is 0 Å². The normalized spacial score (nSPS) is 16.2. The summed E-state index contributed by atoms with van der Waals surface area (Å²) in [5, 5.41) is 0. The lowest BCUT2D eigenvalue weighted by atomic mass is 10.0. The van der Waals surface area contributed by atoms with Crippen molar-refractivity contribution in [1.29, 1.82) is 0 Å². The number of hydrogen-bond acceptors (Lipinski definition) is 2. The van der Waals surface area contributed by atoms with Crippen LogP contribution in [0.2, 0.25) is 24.7 Å². The molecule has 0 saturated heterocycles. The average Bonchev–Trinajstić information content (AvgIpc) is 2.68. The minimum absolute atomic E-state index is 0.318. The topological polar surface area (TPSA) is 18.5 Å². The van der Waals surface area contributed by atoms with Gasteiger partial charge < -0.3 is 9.47 Å². The van der Waals surface area contributed by atoms with E-state index in [0.717, 1.165) is 25.4 Å². The molecule has 1 saturated carbocycles. The highest BCUT2D eigenvalue weighted by molar-refractivity contribution is 6.78. The van der Waals surface area contributed by atoms with Gasteiger partial charge in [0.1, 0.15) is 0 Å². The molecule has 0 aliphatic heterocycles. The molecule has 1 rings (SSSR count). The Kier molecular flexibility index (Phi) is 15.8. The van der Waals surface area contributed by atoms with Gasteiger partial charge in [-0.05, 0) is 25.8 Å². The maximum atomic E-state index is 5.61. The van der Waals surface area contributed by atoms with Gasteiger partial charge in [0.2, 0.25) is 0 Å². The first kappa shape index (κ1) is 26.2. The summed E-state index contributed by atoms with van der Waals surface area (Å²) >= 11 is 0. The van der Waals surface area contributed by atoms with Gasteiger partial charge in [-0.15, -0.1) is 0 Å². The van der Waals surface area contributed by atoms with Crippen LogP contribution in [0.3, 0.4) is 0 Å². The van der Waals surface area contributed by atoms with Crippen molar-refractivity contribution in [3.05, 3.63) is 0 Å². The van der Waals surface area contributed by atoms with Crippen LogP contribution in [-0.2, 0) is 9.47 Å². The van der Waals surface area contributed by atoms with E-state index in [1.54, 1.807) is 18.9 Å². The highest BCUT2D eigenvalue weighted by atomic mass is 28.3. The molecular weight excluding hydrogens is 360 g/mol. The summed E-state index contributed by atoms with van der Waals surface area (Å²) in [7, 11) is -0.930. The second-order valence-electron chi connectivity index (χ2n) is 10.1. The van der Waals surface area contributed by atoms with Crippen LogP contribution in [0.25, 0.3) is 0 Å². The molecule has 0 aromatic heterocycles. The summed E-state index contributed by atoms with van der Waals surface area (Å²) in [6.45, 7) is 11.9. The lowest BCUT2D eigenvalue weighted by Crippen LogP contribution is -2.33. The molecule has 0 unspecified atom stereocenters. The number of unbranched alkanes of at least 4 members (excludes halogenated alkanes) is 9. The van der Waals surface area contributed by atoms with Crippen molar-refractivity contribution in [2.75, 3.05) is 19.8 Å². The van der Waals surface area contributed by atoms with E-state index in [1.807, 2.05) is 0 Å². The fourth-order valence-electron chi connectivity index (χ4n) is 4.73. The molecule has 28 heavy (non-hydrogen) atoms. The van der Waals surface area contributed by atoms with Crippen molar-refractivity contribution in [2.24, 2.45) is 0 Å². The molecule has 1 aliphatic carbocycles. The van der Waals surface area contributed by atoms with Crippen LogP contribution < -0.4 is 0 Å². The zero-order valence-electron chi connectivity index (χ0n) is 19.9. The first-order valence-electron chi connectivity index (χ1n) is 12.7. The minimum atomic E-state index is -0.930. The monoisotopic (exact) mass is 412 g/mol. The molecule has 0 aromatic rings. The molecule has 168 valence electrons. The molecule has 0 atom stereocenters. The minimum Gasteiger partial charge on any atom is -0.379 e. The molecule has 0 aromatic carbocycles. The zero-order chi connectivity index (χ0) is 20.5. The van der Waals surface area contributed by atoms with Crippen molar-refractivity contribution in [2.45, 2.75) is 141 Å². The molecule has 0 heterocycles. The summed E-state index contributed by atoms with van der Waals surface area (Å²) in [6, 6.07) is 1.59. The van der Waals surface area contributed by atoms with E-state index in [4.69, 9.17) is 9.47 Å². The second kappa shape index (κ2) is 16.9. The fourth-order valence-corrected chi connectivity index (χ4v) is 8.27. The Morgan fingerprint density at radius 1 is 0.679 bits per heavy atom. The highest BCUT2D eigenvalue weighted by Crippen LogP contribution is 2.39. The van der Waals surface area contributed by atoms with Gasteiger partial charge in [-0.25, -0.2) is 0 Å². The molecule has 0 N–H and O–H groups in total. The Hall–Kier alpha value is 0.137. The van der Waals surface area contributed by atoms with Crippen LogP contribution in [0.15, 0.2) is 0 Å². The number of hydrogen-bond donors (Lipinski definition) is 0. The van der Waals surface area contributed by atoms with E-state index in [0.29, 0.717) is 6.10 Å². The van der Waals surface area contributed by atoms with Crippen molar-refractivity contribution in [1.82, 2.24) is 0 Å². The molecule has 0 bridgehead atoms. The van der Waals surface area contributed by atoms with Gasteiger partial charge >= 0.3 is 0 Å². The van der Waals surface area contributed by atoms with Gasteiger partial charge in [-0.1, -0.05) is 109 Å². The summed E-state index contributed by atoms with van der Waals surface area (Å²) < 4.78 is 11.1. The number of rotatable bonds is 18. The quantitative estimate of drug-likeness (QED) is 0.166. The fraction of sp³-hybridized carbons (Fsp3) is 1.00. The maximum absolute atomic E-state index is 5.61. The Labute approximate surface area is 178 Å². The predicted molar refractivity (Wildman–Crippen MR) is 127 cm³/mol. The first-order chi connectivity index (χ1) is 13.5. The van der Waals surface area contributed by atoms with Gasteiger partial charge in [0.25, 0.3) is 0 Å². The summed E-state index contributed by atoms with van der Waals surface area (Å²) in [5.41, 5.74) is 1.14. The molecule has 0 amide bonds. The van der Waals surface area contributed by atoms with Gasteiger partial charge in [-0.3, -0.25) is 0 Å². The van der Waals surface area contributed by atoms with Gasteiger partial charge in [0.15, 0.2) is 0 Å². The third-order valence-electron chi connectivity index (χ3n) is 6.75. The first-order valence-corrected chi connectivity index (χ1v) is 16.0. The van der Waals surface area contributed by atoms with Crippen molar-refractivity contribution in [3.8, 4) is 0 Å². The van der Waals surface area contributed by atoms with Crippen LogP contribution in [0.1, 0.15) is 110 Å². The lowest BCUT2D eigenvalue weighted by molar-refractivity contribution is 0.0186. The Balaban J connectivity index is 1.78. The Bertz CT molecular complexity index is 337. The maximum Gasteiger partial charge on any atom is 0.0703 e. The van der Waals surface area contributed by atoms with Crippen LogP contribution in [0.4, 0.5) is 0 Å². The zero-order valence-corrected chi connectivity index (χ0v) is 20.9. The predicted octanol–water partition coefficient (Wildman–Crippen LogP) is 8.37. The molecule has 1 aliphatic rings. The average molecular weight is 413 g/mol. The standard InChI is InChI=1S/C25H52O2Si/c1-24(2)27-22-21-26-20-16-11-9-7-5-6-8-10-12-17-23-28(3,4)25-18-14-13-15-19-25/h24-25H,5-23H2,1-4H3. The highest BCUT2D eigenvalue weighted by Gasteiger charge is 2.31. The van der Waals surface area contributed by atoms with Crippen LogP contribution in [0.5, 0.6) is 0 Å². The third kappa shape index (κ3) is 14.2. The molecule has 1 fully saturated rings. The smallest absolute Gasteiger partial charge is 0.0703 e. The molecule has 2 nitrogen and oxygen atoms in total. The molecular formula is C25H52O2Si. The lowest BCUT2D eigenvalue weighted by Gasteiger charge is -2.35. The van der Waals surface area contributed by atoms with Crippen molar-refractivity contribution >= 4 is 8.07 Å². The van der Waals surface area contributed by atoms with Crippen molar-refractivity contribution in [3.63, 3.8) is 0 Å². The largest absolute Gasteiger partial charge is 0.379 e. The molecule has 3 heteroatoms. The number of ether oxygens (including phenoxy) is 2. The summed E-state index contributed by atoms with van der Waals surface area (Å²) in [5.74, 6) is 0. The van der Waals surface area contributed by atoms with Gasteiger partial charge in [0, 0.05) is 6.61 Å².